The Kier molecular flexibility index (Phi) is 5.28. The van der Waals surface area contributed by atoms with Crippen molar-refractivity contribution in [2.75, 3.05) is 25.6 Å². The predicted octanol–water partition coefficient (Wildman–Crippen LogP) is 1.07. The highest BCUT2D eigenvalue weighted by Crippen LogP contribution is 2.44. The van der Waals surface area contributed by atoms with E-state index in [1.807, 2.05) is 0 Å². The fraction of sp³-hybridized carbons (Fsp3) is 0.333. The molecule has 0 saturated carbocycles. The van der Waals surface area contributed by atoms with Gasteiger partial charge in [-0.25, -0.2) is 32.1 Å². The minimum Gasteiger partial charge on any atom is -0.377 e. The molecule has 2 atom stereocenters. The van der Waals surface area contributed by atoms with Crippen LogP contribution in [0.25, 0.3) is 0 Å². The summed E-state index contributed by atoms with van der Waals surface area (Å²) in [5.41, 5.74) is 2.24. The van der Waals surface area contributed by atoms with E-state index in [0.29, 0.717) is 12.4 Å². The average Bonchev–Trinajstić information content (AvgIpc) is 3.19. The Morgan fingerprint density at radius 1 is 1.30 bits per heavy atom. The molecule has 33 heavy (non-hydrogen) atoms. The Bertz CT molecular complexity index is 1250. The van der Waals surface area contributed by atoms with E-state index in [-0.39, 0.29) is 30.4 Å². The number of rotatable bonds is 3. The molecule has 0 radical (unpaired) electrons. The highest BCUT2D eigenvalue weighted by atomic mass is 32.2. The van der Waals surface area contributed by atoms with Crippen LogP contribution in [0.5, 0.6) is 0 Å². The molecule has 1 fully saturated rings. The summed E-state index contributed by atoms with van der Waals surface area (Å²) in [5, 5.41) is 1.11. The van der Waals surface area contributed by atoms with E-state index in [2.05, 4.69) is 20.3 Å². The van der Waals surface area contributed by atoms with E-state index in [4.69, 9.17) is 10.5 Å². The normalized spacial score (nSPS) is 24.2. The minimum absolute atomic E-state index is 0.0169. The Morgan fingerprint density at radius 3 is 2.67 bits per heavy atom. The van der Waals surface area contributed by atoms with Crippen molar-refractivity contribution < 1.29 is 35.5 Å². The summed E-state index contributed by atoms with van der Waals surface area (Å²) in [4.78, 5) is 23.2. The molecule has 1 saturated heterocycles. The maximum absolute atomic E-state index is 14.9. The van der Waals surface area contributed by atoms with Crippen LogP contribution in [0.2, 0.25) is 0 Å². The number of nitrogens with one attached hydrogen (secondary N) is 1. The predicted molar refractivity (Wildman–Crippen MR) is 106 cm³/mol. The fourth-order valence-corrected chi connectivity index (χ4v) is 5.31. The van der Waals surface area contributed by atoms with Gasteiger partial charge in [0.2, 0.25) is 16.0 Å². The van der Waals surface area contributed by atoms with Gasteiger partial charge in [-0.3, -0.25) is 4.79 Å². The van der Waals surface area contributed by atoms with Gasteiger partial charge >= 0.3 is 6.18 Å². The van der Waals surface area contributed by atoms with Gasteiger partial charge in [-0.2, -0.15) is 13.2 Å². The molecule has 1 amide bonds. The van der Waals surface area contributed by atoms with Gasteiger partial charge in [0.1, 0.15) is 22.3 Å². The topological polar surface area (TPSA) is 140 Å². The summed E-state index contributed by atoms with van der Waals surface area (Å²) in [6, 6.07) is 3.35. The molecule has 0 aliphatic carbocycles. The molecule has 0 spiro atoms. The number of aliphatic imine (C=N–C) groups is 1. The number of carbonyl (C=O) groups excluding carboxylic acids is 1. The third-order valence-electron chi connectivity index (χ3n) is 5.37. The number of halogens is 4. The van der Waals surface area contributed by atoms with Crippen molar-refractivity contribution in [2.24, 2.45) is 10.7 Å². The van der Waals surface area contributed by atoms with Crippen LogP contribution in [0.15, 0.2) is 35.6 Å². The molecule has 4 rings (SSSR count). The number of alkyl halides is 3. The van der Waals surface area contributed by atoms with Gasteiger partial charge in [-0.05, 0) is 18.2 Å². The molecule has 1 aromatic carbocycles. The standard InChI is InChI=1S/C18H16F4N6O4S/c1-28-16(23)27-17(8-32-7-14(17)33(28,30)31)10-4-9(2-3-11(10)19)26-15(29)12-5-25-13(6-24-12)18(20,21)22/h2-6,14H,7-8H2,1H3,(H2,23,27)(H,26,29). The van der Waals surface area contributed by atoms with Crippen molar-refractivity contribution in [3.63, 3.8) is 0 Å². The minimum atomic E-state index is -4.72. The fourth-order valence-electron chi connectivity index (χ4n) is 3.62. The number of fused-ring (bicyclic) bond motifs is 1. The molecule has 3 N–H and O–H groups in total. The van der Waals surface area contributed by atoms with Crippen molar-refractivity contribution in [3.8, 4) is 0 Å². The van der Waals surface area contributed by atoms with E-state index in [9.17, 15) is 30.8 Å². The third kappa shape index (κ3) is 3.76. The van der Waals surface area contributed by atoms with Crippen LogP contribution in [-0.2, 0) is 26.5 Å². The number of hydrogen-bond acceptors (Lipinski definition) is 8. The molecule has 2 aliphatic heterocycles. The number of ether oxygens (including phenoxy) is 1. The van der Waals surface area contributed by atoms with Crippen LogP contribution in [0.4, 0.5) is 23.2 Å². The molecule has 2 unspecified atom stereocenters. The summed E-state index contributed by atoms with van der Waals surface area (Å²) in [5.74, 6) is -2.08. The molecular formula is C18H16F4N6O4S. The van der Waals surface area contributed by atoms with E-state index >= 15 is 0 Å². The molecule has 176 valence electrons. The lowest BCUT2D eigenvalue weighted by molar-refractivity contribution is -0.141. The maximum atomic E-state index is 14.9. The molecular weight excluding hydrogens is 472 g/mol. The lowest BCUT2D eigenvalue weighted by Crippen LogP contribution is -2.57. The van der Waals surface area contributed by atoms with E-state index < -0.39 is 50.1 Å². The monoisotopic (exact) mass is 488 g/mol. The van der Waals surface area contributed by atoms with Gasteiger partial charge in [0.25, 0.3) is 5.91 Å². The number of benzene rings is 1. The molecule has 3 heterocycles. The summed E-state index contributed by atoms with van der Waals surface area (Å²) in [6.07, 6.45) is -3.66. The molecule has 15 heteroatoms. The quantitative estimate of drug-likeness (QED) is 0.616. The van der Waals surface area contributed by atoms with Crippen LogP contribution in [0, 0.1) is 5.82 Å². The zero-order chi connectivity index (χ0) is 24.2. The molecule has 1 aromatic heterocycles. The molecule has 0 bridgehead atoms. The van der Waals surface area contributed by atoms with Gasteiger partial charge in [0, 0.05) is 18.3 Å². The number of carbonyl (C=O) groups is 1. The van der Waals surface area contributed by atoms with E-state index in [1.54, 1.807) is 0 Å². The second-order valence-corrected chi connectivity index (χ2v) is 9.49. The Balaban J connectivity index is 1.68. The van der Waals surface area contributed by atoms with E-state index in [0.717, 1.165) is 10.4 Å². The Morgan fingerprint density at radius 2 is 2.03 bits per heavy atom. The van der Waals surface area contributed by atoms with Crippen molar-refractivity contribution in [1.29, 1.82) is 0 Å². The van der Waals surface area contributed by atoms with Crippen LogP contribution < -0.4 is 11.1 Å². The van der Waals surface area contributed by atoms with E-state index in [1.165, 1.54) is 19.2 Å². The van der Waals surface area contributed by atoms with Crippen molar-refractivity contribution in [2.45, 2.75) is 17.0 Å². The maximum Gasteiger partial charge on any atom is 0.434 e. The number of aromatic nitrogens is 2. The first-order chi connectivity index (χ1) is 15.4. The number of guanidine groups is 1. The van der Waals surface area contributed by atoms with Crippen molar-refractivity contribution >= 4 is 27.6 Å². The van der Waals surface area contributed by atoms with Crippen LogP contribution in [0.3, 0.4) is 0 Å². The molecule has 2 aliphatic rings. The highest BCUT2D eigenvalue weighted by molar-refractivity contribution is 7.90. The zero-order valence-electron chi connectivity index (χ0n) is 16.8. The van der Waals surface area contributed by atoms with Gasteiger partial charge in [-0.1, -0.05) is 0 Å². The number of nitrogens with zero attached hydrogens (tertiary/aromatic N) is 4. The van der Waals surface area contributed by atoms with Gasteiger partial charge in [0.05, 0.1) is 25.6 Å². The SMILES string of the molecule is CN1C(N)=NC2(c3cc(NC(=O)c4cnc(C(F)(F)F)cn4)ccc3F)COCC2S1(=O)=O. The second-order valence-electron chi connectivity index (χ2n) is 7.34. The molecule has 2 aromatic rings. The first kappa shape index (κ1) is 22.8. The smallest absolute Gasteiger partial charge is 0.377 e. The number of anilines is 1. The Hall–Kier alpha value is -3.33. The van der Waals surface area contributed by atoms with Crippen LogP contribution in [0.1, 0.15) is 21.7 Å². The average molecular weight is 488 g/mol. The van der Waals surface area contributed by atoms with Gasteiger partial charge < -0.3 is 15.8 Å². The summed E-state index contributed by atoms with van der Waals surface area (Å²) >= 11 is 0. The summed E-state index contributed by atoms with van der Waals surface area (Å²) in [7, 11) is -2.80. The van der Waals surface area contributed by atoms with Crippen molar-refractivity contribution in [3.05, 3.63) is 53.4 Å². The number of hydrogen-bond donors (Lipinski definition) is 2. The molecule has 10 nitrogen and oxygen atoms in total. The zero-order valence-corrected chi connectivity index (χ0v) is 17.6. The Labute approximate surface area is 184 Å². The lowest BCUT2D eigenvalue weighted by atomic mass is 9.88. The number of sulfonamides is 1. The number of nitrogens with two attached hydrogens (primary N) is 1. The first-order valence-corrected chi connectivity index (χ1v) is 10.8. The number of amides is 1. The lowest BCUT2D eigenvalue weighted by Gasteiger charge is -2.38. The first-order valence-electron chi connectivity index (χ1n) is 9.28. The third-order valence-corrected chi connectivity index (χ3v) is 7.56. The van der Waals surface area contributed by atoms with Crippen LogP contribution >= 0.6 is 0 Å². The summed E-state index contributed by atoms with van der Waals surface area (Å²) < 4.78 is 84.5. The highest BCUT2D eigenvalue weighted by Gasteiger charge is 2.58. The van der Waals surface area contributed by atoms with Crippen LogP contribution in [-0.4, -0.2) is 60.1 Å². The van der Waals surface area contributed by atoms with Gasteiger partial charge in [0.15, 0.2) is 5.69 Å². The van der Waals surface area contributed by atoms with Gasteiger partial charge in [-0.15, -0.1) is 0 Å². The summed E-state index contributed by atoms with van der Waals surface area (Å²) in [6.45, 7) is -0.523. The second kappa shape index (κ2) is 7.62. The van der Waals surface area contributed by atoms with Crippen molar-refractivity contribution in [1.82, 2.24) is 14.3 Å². The largest absolute Gasteiger partial charge is 0.434 e.